The van der Waals surface area contributed by atoms with Crippen molar-refractivity contribution < 1.29 is 9.50 Å². The molecule has 1 aromatic carbocycles. The van der Waals surface area contributed by atoms with Crippen LogP contribution in [0.2, 0.25) is 0 Å². The van der Waals surface area contributed by atoms with E-state index in [-0.39, 0.29) is 12.2 Å². The molecule has 0 atom stereocenters. The molecule has 2 aromatic rings. The van der Waals surface area contributed by atoms with Crippen molar-refractivity contribution in [1.29, 1.82) is 5.26 Å². The highest BCUT2D eigenvalue weighted by Gasteiger charge is 2.08. The third-order valence-electron chi connectivity index (χ3n) is 2.09. The van der Waals surface area contributed by atoms with Crippen LogP contribution in [0.5, 0.6) is 5.75 Å². The average Bonchev–Trinajstić information content (AvgIpc) is 2.49. The number of nitrogens with one attached hydrogen (secondary N) is 1. The lowest BCUT2D eigenvalue weighted by Crippen LogP contribution is -1.80. The number of H-pyrrole nitrogens is 1. The van der Waals surface area contributed by atoms with E-state index >= 15 is 0 Å². The smallest absolute Gasteiger partial charge is 0.142 e. The van der Waals surface area contributed by atoms with Gasteiger partial charge >= 0.3 is 0 Å². The quantitative estimate of drug-likeness (QED) is 0.723. The van der Waals surface area contributed by atoms with E-state index in [1.807, 2.05) is 6.07 Å². The fourth-order valence-electron chi connectivity index (χ4n) is 1.47. The zero-order chi connectivity index (χ0) is 10.1. The molecule has 0 spiro atoms. The van der Waals surface area contributed by atoms with Crippen molar-refractivity contribution in [2.75, 3.05) is 0 Å². The Bertz CT molecular complexity index is 525. The molecule has 1 aromatic heterocycles. The van der Waals surface area contributed by atoms with Crippen LogP contribution in [0.4, 0.5) is 4.39 Å². The van der Waals surface area contributed by atoms with Gasteiger partial charge < -0.3 is 10.1 Å². The molecular weight excluding hydrogens is 183 g/mol. The number of rotatable bonds is 1. The maximum atomic E-state index is 12.9. The van der Waals surface area contributed by atoms with E-state index in [2.05, 4.69) is 4.98 Å². The van der Waals surface area contributed by atoms with Gasteiger partial charge in [0.05, 0.1) is 18.0 Å². The summed E-state index contributed by atoms with van der Waals surface area (Å²) in [4.78, 5) is 2.80. The fraction of sp³-hybridized carbons (Fsp3) is 0.100. The van der Waals surface area contributed by atoms with Crippen LogP contribution in [-0.2, 0) is 6.42 Å². The lowest BCUT2D eigenvalue weighted by Gasteiger charge is -1.96. The van der Waals surface area contributed by atoms with E-state index in [9.17, 15) is 9.50 Å². The third-order valence-corrected chi connectivity index (χ3v) is 2.09. The Kier molecular flexibility index (Phi) is 1.86. The zero-order valence-corrected chi connectivity index (χ0v) is 7.21. The van der Waals surface area contributed by atoms with Crippen LogP contribution in [0.3, 0.4) is 0 Å². The maximum absolute atomic E-state index is 12.9. The van der Waals surface area contributed by atoms with Crippen molar-refractivity contribution in [3.05, 3.63) is 29.7 Å². The highest BCUT2D eigenvalue weighted by Crippen LogP contribution is 2.27. The number of hydrogen-bond donors (Lipinski definition) is 2. The van der Waals surface area contributed by atoms with Gasteiger partial charge in [0.25, 0.3) is 0 Å². The molecule has 4 heteroatoms. The van der Waals surface area contributed by atoms with Crippen molar-refractivity contribution in [2.24, 2.45) is 0 Å². The highest BCUT2D eigenvalue weighted by molar-refractivity contribution is 5.88. The molecule has 0 unspecified atom stereocenters. The van der Waals surface area contributed by atoms with E-state index in [0.29, 0.717) is 16.5 Å². The van der Waals surface area contributed by atoms with Gasteiger partial charge in [-0.25, -0.2) is 4.39 Å². The van der Waals surface area contributed by atoms with Gasteiger partial charge in [0.2, 0.25) is 0 Å². The Balaban J connectivity index is 2.73. The van der Waals surface area contributed by atoms with E-state index in [1.54, 1.807) is 6.20 Å². The van der Waals surface area contributed by atoms with Crippen LogP contribution in [-0.4, -0.2) is 10.1 Å². The first kappa shape index (κ1) is 8.57. The number of phenolic OH excluding ortho intramolecular Hbond substituents is 1. The van der Waals surface area contributed by atoms with Crippen LogP contribution in [0.15, 0.2) is 18.3 Å². The summed E-state index contributed by atoms with van der Waals surface area (Å²) in [5.41, 5.74) is 1.16. The number of halogens is 1. The summed E-state index contributed by atoms with van der Waals surface area (Å²) < 4.78 is 12.9. The Morgan fingerprint density at radius 3 is 3.00 bits per heavy atom. The van der Waals surface area contributed by atoms with Gasteiger partial charge in [0.1, 0.15) is 11.6 Å². The highest BCUT2D eigenvalue weighted by atomic mass is 19.1. The number of nitrogens with zero attached hydrogens (tertiary/aromatic N) is 1. The standard InChI is InChI=1S/C10H7FN2O/c11-7-3-8-6(1-2-12)5-13-10(8)9(14)4-7/h3-5,13-14H,1H2. The fourth-order valence-corrected chi connectivity index (χ4v) is 1.47. The van der Waals surface area contributed by atoms with Gasteiger partial charge in [-0.2, -0.15) is 5.26 Å². The molecule has 14 heavy (non-hydrogen) atoms. The summed E-state index contributed by atoms with van der Waals surface area (Å²) in [5, 5.41) is 18.5. The lowest BCUT2D eigenvalue weighted by atomic mass is 10.1. The minimum atomic E-state index is -0.506. The van der Waals surface area contributed by atoms with Gasteiger partial charge in [-0.15, -0.1) is 0 Å². The molecule has 0 saturated carbocycles. The molecule has 0 aliphatic rings. The second-order valence-corrected chi connectivity index (χ2v) is 3.00. The van der Waals surface area contributed by atoms with E-state index in [0.717, 1.165) is 6.07 Å². The van der Waals surface area contributed by atoms with Gasteiger partial charge in [-0.1, -0.05) is 0 Å². The normalized spacial score (nSPS) is 10.3. The largest absolute Gasteiger partial charge is 0.506 e. The Labute approximate surface area is 79.4 Å². The number of aromatic hydroxyl groups is 1. The second kappa shape index (κ2) is 3.04. The van der Waals surface area contributed by atoms with Gasteiger partial charge in [-0.05, 0) is 11.6 Å². The maximum Gasteiger partial charge on any atom is 0.142 e. The summed E-state index contributed by atoms with van der Waals surface area (Å²) in [6, 6.07) is 4.32. The summed E-state index contributed by atoms with van der Waals surface area (Å²) >= 11 is 0. The van der Waals surface area contributed by atoms with E-state index < -0.39 is 5.82 Å². The molecule has 2 N–H and O–H groups in total. The molecule has 70 valence electrons. The molecule has 0 radical (unpaired) electrons. The number of phenols is 1. The number of benzene rings is 1. The lowest BCUT2D eigenvalue weighted by molar-refractivity contribution is 0.474. The number of aromatic nitrogens is 1. The van der Waals surface area contributed by atoms with Crippen molar-refractivity contribution >= 4 is 10.9 Å². The molecule has 0 fully saturated rings. The topological polar surface area (TPSA) is 59.8 Å². The van der Waals surface area contributed by atoms with Crippen molar-refractivity contribution in [2.45, 2.75) is 6.42 Å². The first-order chi connectivity index (χ1) is 6.72. The van der Waals surface area contributed by atoms with Crippen LogP contribution in [0.25, 0.3) is 10.9 Å². The number of aromatic amines is 1. The molecular formula is C10H7FN2O. The predicted molar refractivity (Wildman–Crippen MR) is 49.2 cm³/mol. The second-order valence-electron chi connectivity index (χ2n) is 3.00. The molecule has 0 aliphatic carbocycles. The molecule has 2 rings (SSSR count). The zero-order valence-electron chi connectivity index (χ0n) is 7.21. The summed E-state index contributed by atoms with van der Waals surface area (Å²) in [7, 11) is 0. The SMILES string of the molecule is N#CCc1c[nH]c2c(O)cc(F)cc12. The summed E-state index contributed by atoms with van der Waals surface area (Å²) in [6.07, 6.45) is 1.80. The Morgan fingerprint density at radius 1 is 1.50 bits per heavy atom. The number of fused-ring (bicyclic) bond motifs is 1. The number of nitriles is 1. The Hall–Kier alpha value is -2.02. The minimum absolute atomic E-state index is 0.135. The molecule has 0 saturated heterocycles. The first-order valence-corrected chi connectivity index (χ1v) is 4.08. The molecule has 0 bridgehead atoms. The predicted octanol–water partition coefficient (Wildman–Crippen LogP) is 2.08. The summed E-state index contributed by atoms with van der Waals surface area (Å²) in [6.45, 7) is 0. The van der Waals surface area contributed by atoms with Crippen LogP contribution < -0.4 is 0 Å². The first-order valence-electron chi connectivity index (χ1n) is 4.08. The van der Waals surface area contributed by atoms with Crippen LogP contribution in [0.1, 0.15) is 5.56 Å². The van der Waals surface area contributed by atoms with E-state index in [4.69, 9.17) is 5.26 Å². The van der Waals surface area contributed by atoms with Gasteiger partial charge in [0.15, 0.2) is 0 Å². The van der Waals surface area contributed by atoms with Crippen molar-refractivity contribution in [3.63, 3.8) is 0 Å². The van der Waals surface area contributed by atoms with Crippen LogP contribution >= 0.6 is 0 Å². The molecule has 0 amide bonds. The molecule has 3 nitrogen and oxygen atoms in total. The van der Waals surface area contributed by atoms with Crippen molar-refractivity contribution in [1.82, 2.24) is 4.98 Å². The minimum Gasteiger partial charge on any atom is -0.506 e. The summed E-state index contributed by atoms with van der Waals surface area (Å²) in [5.74, 6) is -0.641. The van der Waals surface area contributed by atoms with E-state index in [1.165, 1.54) is 6.07 Å². The molecule has 1 heterocycles. The monoisotopic (exact) mass is 190 g/mol. The Morgan fingerprint density at radius 2 is 2.29 bits per heavy atom. The molecule has 0 aliphatic heterocycles. The van der Waals surface area contributed by atoms with Gasteiger partial charge in [0, 0.05) is 17.6 Å². The van der Waals surface area contributed by atoms with Crippen molar-refractivity contribution in [3.8, 4) is 11.8 Å². The average molecular weight is 190 g/mol. The third kappa shape index (κ3) is 1.19. The van der Waals surface area contributed by atoms with Gasteiger partial charge in [-0.3, -0.25) is 0 Å². The van der Waals surface area contributed by atoms with Crippen LogP contribution in [0, 0.1) is 17.1 Å². The number of hydrogen-bond acceptors (Lipinski definition) is 2.